The molecule has 0 radical (unpaired) electrons. The Bertz CT molecular complexity index is 707. The molecule has 5 nitrogen and oxygen atoms in total. The van der Waals surface area contributed by atoms with Gasteiger partial charge in [-0.05, 0) is 42.5 Å². The predicted molar refractivity (Wildman–Crippen MR) is 88.6 cm³/mol. The summed E-state index contributed by atoms with van der Waals surface area (Å²) in [6.07, 6.45) is 0. The zero-order chi connectivity index (χ0) is 15.9. The van der Waals surface area contributed by atoms with Crippen LogP contribution in [0, 0.1) is 0 Å². The molecule has 0 heterocycles. The minimum atomic E-state index is -0.422. The normalized spacial score (nSPS) is 9.68. The number of rotatable bonds is 2. The standard InChI is InChI=1S/C15H12ClN3O2S/c16-12-8-4-7-11(9-12)13(20)17-15(22)19-18-14(21)10-5-2-1-3-6-10/h1-9H,(H,18,21)(H2,17,19,20,22). The van der Waals surface area contributed by atoms with E-state index in [9.17, 15) is 9.59 Å². The molecule has 0 unspecified atom stereocenters. The van der Waals surface area contributed by atoms with Crippen LogP contribution in [0.1, 0.15) is 20.7 Å². The summed E-state index contributed by atoms with van der Waals surface area (Å²) < 4.78 is 0. The molecule has 22 heavy (non-hydrogen) atoms. The molecule has 0 saturated heterocycles. The Labute approximate surface area is 137 Å². The fourth-order valence-electron chi connectivity index (χ4n) is 1.61. The van der Waals surface area contributed by atoms with Crippen LogP contribution in [0.5, 0.6) is 0 Å². The van der Waals surface area contributed by atoms with Crippen LogP contribution in [0.3, 0.4) is 0 Å². The highest BCUT2D eigenvalue weighted by molar-refractivity contribution is 7.80. The van der Waals surface area contributed by atoms with Crippen molar-refractivity contribution < 1.29 is 9.59 Å². The van der Waals surface area contributed by atoms with Gasteiger partial charge in [0.05, 0.1) is 0 Å². The topological polar surface area (TPSA) is 70.2 Å². The van der Waals surface area contributed by atoms with Crippen molar-refractivity contribution in [3.8, 4) is 0 Å². The van der Waals surface area contributed by atoms with E-state index in [2.05, 4.69) is 16.2 Å². The van der Waals surface area contributed by atoms with E-state index in [1.165, 1.54) is 6.07 Å². The molecule has 0 atom stereocenters. The first-order chi connectivity index (χ1) is 10.6. The highest BCUT2D eigenvalue weighted by Crippen LogP contribution is 2.10. The van der Waals surface area contributed by atoms with Gasteiger partial charge in [0.25, 0.3) is 11.8 Å². The monoisotopic (exact) mass is 333 g/mol. The number of nitrogens with one attached hydrogen (secondary N) is 3. The molecule has 2 aromatic rings. The van der Waals surface area contributed by atoms with Crippen molar-refractivity contribution in [1.82, 2.24) is 16.2 Å². The molecule has 2 amide bonds. The molecule has 2 rings (SSSR count). The van der Waals surface area contributed by atoms with Gasteiger partial charge in [0.1, 0.15) is 0 Å². The van der Waals surface area contributed by atoms with Crippen LogP contribution in [0.2, 0.25) is 5.02 Å². The lowest BCUT2D eigenvalue weighted by Gasteiger charge is -2.10. The van der Waals surface area contributed by atoms with Crippen LogP contribution >= 0.6 is 23.8 Å². The van der Waals surface area contributed by atoms with E-state index >= 15 is 0 Å². The first kappa shape index (κ1) is 15.9. The van der Waals surface area contributed by atoms with Gasteiger partial charge in [-0.2, -0.15) is 0 Å². The van der Waals surface area contributed by atoms with Gasteiger partial charge in [0.2, 0.25) is 0 Å². The summed E-state index contributed by atoms with van der Waals surface area (Å²) in [6, 6.07) is 15.0. The van der Waals surface area contributed by atoms with Crippen molar-refractivity contribution in [1.29, 1.82) is 0 Å². The van der Waals surface area contributed by atoms with Crippen molar-refractivity contribution in [3.63, 3.8) is 0 Å². The lowest BCUT2D eigenvalue weighted by atomic mass is 10.2. The molecule has 0 fully saturated rings. The predicted octanol–water partition coefficient (Wildman–Crippen LogP) is 2.29. The van der Waals surface area contributed by atoms with E-state index in [1.807, 2.05) is 0 Å². The second-order valence-corrected chi connectivity index (χ2v) is 5.08. The maximum atomic E-state index is 11.9. The molecule has 7 heteroatoms. The van der Waals surface area contributed by atoms with Gasteiger partial charge in [-0.1, -0.05) is 35.9 Å². The van der Waals surface area contributed by atoms with Gasteiger partial charge in [-0.3, -0.25) is 25.8 Å². The van der Waals surface area contributed by atoms with Crippen molar-refractivity contribution in [3.05, 3.63) is 70.7 Å². The Morgan fingerprint density at radius 2 is 1.55 bits per heavy atom. The Morgan fingerprint density at radius 3 is 2.23 bits per heavy atom. The first-order valence-electron chi connectivity index (χ1n) is 6.28. The number of carbonyl (C=O) groups excluding carboxylic acids is 2. The minimum absolute atomic E-state index is 0.0192. The second-order valence-electron chi connectivity index (χ2n) is 4.24. The third kappa shape index (κ3) is 4.54. The van der Waals surface area contributed by atoms with E-state index < -0.39 is 5.91 Å². The molecule has 112 valence electrons. The Kier molecular flexibility index (Phi) is 5.46. The summed E-state index contributed by atoms with van der Waals surface area (Å²) in [5.74, 6) is -0.783. The van der Waals surface area contributed by atoms with E-state index in [1.54, 1.807) is 48.5 Å². The minimum Gasteiger partial charge on any atom is -0.298 e. The Balaban J connectivity index is 1.86. The summed E-state index contributed by atoms with van der Waals surface area (Å²) in [5, 5.41) is 2.87. The van der Waals surface area contributed by atoms with Crippen LogP contribution in [0.25, 0.3) is 0 Å². The summed E-state index contributed by atoms with van der Waals surface area (Å²) in [4.78, 5) is 23.7. The Morgan fingerprint density at radius 1 is 0.864 bits per heavy atom. The SMILES string of the molecule is O=C(NNC(=S)NC(=O)c1cccc(Cl)c1)c1ccccc1. The van der Waals surface area contributed by atoms with E-state index in [4.69, 9.17) is 23.8 Å². The Hall–Kier alpha value is -2.44. The zero-order valence-electron chi connectivity index (χ0n) is 11.3. The average molecular weight is 334 g/mol. The first-order valence-corrected chi connectivity index (χ1v) is 7.07. The van der Waals surface area contributed by atoms with Crippen molar-refractivity contribution in [2.75, 3.05) is 0 Å². The summed E-state index contributed by atoms with van der Waals surface area (Å²) in [7, 11) is 0. The molecule has 0 spiro atoms. The van der Waals surface area contributed by atoms with E-state index in [0.717, 1.165) is 0 Å². The van der Waals surface area contributed by atoms with Crippen molar-refractivity contribution >= 4 is 40.7 Å². The third-order valence-electron chi connectivity index (χ3n) is 2.64. The third-order valence-corrected chi connectivity index (χ3v) is 3.08. The molecular weight excluding hydrogens is 322 g/mol. The van der Waals surface area contributed by atoms with Crippen molar-refractivity contribution in [2.24, 2.45) is 0 Å². The molecule has 0 aliphatic heterocycles. The van der Waals surface area contributed by atoms with Crippen LogP contribution in [-0.4, -0.2) is 16.9 Å². The molecular formula is C15H12ClN3O2S. The maximum Gasteiger partial charge on any atom is 0.269 e. The number of hydrazine groups is 1. The van der Waals surface area contributed by atoms with Crippen LogP contribution in [0.15, 0.2) is 54.6 Å². The van der Waals surface area contributed by atoms with Gasteiger partial charge in [-0.15, -0.1) is 0 Å². The quantitative estimate of drug-likeness (QED) is 0.582. The van der Waals surface area contributed by atoms with Gasteiger partial charge in [0, 0.05) is 16.1 Å². The lowest BCUT2D eigenvalue weighted by molar-refractivity contribution is 0.0934. The summed E-state index contributed by atoms with van der Waals surface area (Å²) in [5.41, 5.74) is 5.70. The highest BCUT2D eigenvalue weighted by Gasteiger charge is 2.09. The van der Waals surface area contributed by atoms with E-state index in [0.29, 0.717) is 16.1 Å². The molecule has 2 aromatic carbocycles. The maximum absolute atomic E-state index is 11.9. The fraction of sp³-hybridized carbons (Fsp3) is 0. The highest BCUT2D eigenvalue weighted by atomic mass is 35.5. The van der Waals surface area contributed by atoms with Gasteiger partial charge < -0.3 is 0 Å². The molecule has 0 saturated carbocycles. The fourth-order valence-corrected chi connectivity index (χ4v) is 1.95. The molecule has 0 aromatic heterocycles. The average Bonchev–Trinajstić information content (AvgIpc) is 2.53. The van der Waals surface area contributed by atoms with Gasteiger partial charge in [0.15, 0.2) is 5.11 Å². The largest absolute Gasteiger partial charge is 0.298 e. The number of amides is 2. The number of benzene rings is 2. The van der Waals surface area contributed by atoms with Crippen LogP contribution in [-0.2, 0) is 0 Å². The van der Waals surface area contributed by atoms with Crippen LogP contribution in [0.4, 0.5) is 0 Å². The van der Waals surface area contributed by atoms with Crippen molar-refractivity contribution in [2.45, 2.75) is 0 Å². The number of halogens is 1. The zero-order valence-corrected chi connectivity index (χ0v) is 12.9. The molecule has 0 bridgehead atoms. The van der Waals surface area contributed by atoms with E-state index in [-0.39, 0.29) is 11.0 Å². The summed E-state index contributed by atoms with van der Waals surface area (Å²) >= 11 is 10.8. The summed E-state index contributed by atoms with van der Waals surface area (Å²) in [6.45, 7) is 0. The second kappa shape index (κ2) is 7.53. The molecule has 0 aliphatic carbocycles. The number of thiocarbonyl (C=S) groups is 1. The van der Waals surface area contributed by atoms with Crippen LogP contribution < -0.4 is 16.2 Å². The number of carbonyl (C=O) groups is 2. The number of hydrogen-bond acceptors (Lipinski definition) is 3. The molecule has 3 N–H and O–H groups in total. The lowest BCUT2D eigenvalue weighted by Crippen LogP contribution is -2.48. The van der Waals surface area contributed by atoms with Gasteiger partial charge in [-0.25, -0.2) is 0 Å². The van der Waals surface area contributed by atoms with Gasteiger partial charge >= 0.3 is 0 Å². The molecule has 0 aliphatic rings. The number of hydrogen-bond donors (Lipinski definition) is 3. The smallest absolute Gasteiger partial charge is 0.269 e.